The molecule has 0 atom stereocenters. The van der Waals surface area contributed by atoms with Crippen LogP contribution in [-0.4, -0.2) is 18.9 Å². The van der Waals surface area contributed by atoms with Gasteiger partial charge in [-0.15, -0.1) is 0 Å². The predicted octanol–water partition coefficient (Wildman–Crippen LogP) is 3.52. The van der Waals surface area contributed by atoms with Gasteiger partial charge in [0.2, 0.25) is 0 Å². The van der Waals surface area contributed by atoms with Crippen molar-refractivity contribution < 1.29 is 14.3 Å². The number of methoxy groups -OCH3 is 1. The van der Waals surface area contributed by atoms with Gasteiger partial charge in [0.05, 0.1) is 7.11 Å². The second-order valence-electron chi connectivity index (χ2n) is 5.11. The molecule has 2 aromatic rings. The molecule has 0 aromatic heterocycles. The van der Waals surface area contributed by atoms with Gasteiger partial charge in [0, 0.05) is 17.3 Å². The minimum Gasteiger partial charge on any atom is -0.497 e. The predicted molar refractivity (Wildman–Crippen MR) is 98.4 cm³/mol. The van der Waals surface area contributed by atoms with E-state index in [0.29, 0.717) is 17.0 Å². The van der Waals surface area contributed by atoms with Gasteiger partial charge in [0.1, 0.15) is 11.4 Å². The molecule has 0 unspecified atom stereocenters. The molecule has 0 saturated heterocycles. The molecule has 2 aromatic carbocycles. The first kappa shape index (κ1) is 18.0. The Hall–Kier alpha value is -3.34. The summed E-state index contributed by atoms with van der Waals surface area (Å²) in [4.78, 5) is 24.8. The molecule has 2 rings (SSSR count). The Morgan fingerprint density at radius 2 is 1.80 bits per heavy atom. The number of hydrogen-bond donors (Lipinski definition) is 2. The van der Waals surface area contributed by atoms with E-state index in [2.05, 4.69) is 10.6 Å². The van der Waals surface area contributed by atoms with E-state index in [1.807, 2.05) is 13.0 Å². The maximum Gasteiger partial charge on any atom is 0.272 e. The molecule has 2 amide bonds. The molecule has 25 heavy (non-hydrogen) atoms. The van der Waals surface area contributed by atoms with E-state index in [4.69, 9.17) is 4.74 Å². The molecule has 0 fully saturated rings. The van der Waals surface area contributed by atoms with Crippen LogP contribution in [0.3, 0.4) is 0 Å². The van der Waals surface area contributed by atoms with Crippen LogP contribution in [0.25, 0.3) is 0 Å². The van der Waals surface area contributed by atoms with Crippen LogP contribution < -0.4 is 15.4 Å². The number of anilines is 1. The average molecular weight is 336 g/mol. The highest BCUT2D eigenvalue weighted by molar-refractivity contribution is 6.08. The van der Waals surface area contributed by atoms with Crippen LogP contribution in [0.2, 0.25) is 0 Å². The van der Waals surface area contributed by atoms with E-state index in [1.54, 1.807) is 73.9 Å². The van der Waals surface area contributed by atoms with Crippen molar-refractivity contribution in [3.05, 3.63) is 84.1 Å². The number of hydrogen-bond acceptors (Lipinski definition) is 3. The molecule has 5 nitrogen and oxygen atoms in total. The minimum absolute atomic E-state index is 0.148. The summed E-state index contributed by atoms with van der Waals surface area (Å²) < 4.78 is 5.14. The maximum atomic E-state index is 12.5. The second-order valence-corrected chi connectivity index (χ2v) is 5.11. The van der Waals surface area contributed by atoms with E-state index in [0.717, 1.165) is 0 Å². The van der Waals surface area contributed by atoms with Crippen molar-refractivity contribution >= 4 is 17.5 Å². The number of amides is 2. The molecule has 0 spiro atoms. The second kappa shape index (κ2) is 9.08. The van der Waals surface area contributed by atoms with Crippen molar-refractivity contribution in [2.75, 3.05) is 12.4 Å². The summed E-state index contributed by atoms with van der Waals surface area (Å²) in [6.45, 7) is 1.83. The van der Waals surface area contributed by atoms with Crippen molar-refractivity contribution in [1.29, 1.82) is 0 Å². The van der Waals surface area contributed by atoms with Crippen LogP contribution in [0.4, 0.5) is 5.69 Å². The fourth-order valence-electron chi connectivity index (χ4n) is 2.05. The molecular weight excluding hydrogens is 316 g/mol. The standard InChI is InChI=1S/C20H20N2O3/c1-3-4-13-18(22-19(23)15-9-6-5-7-10-15)20(24)21-16-11-8-12-17(14-16)25-2/h3-14H,1-2H3,(H,21,24)(H,22,23). The summed E-state index contributed by atoms with van der Waals surface area (Å²) in [6.07, 6.45) is 5.01. The van der Waals surface area contributed by atoms with Crippen molar-refractivity contribution in [3.8, 4) is 5.75 Å². The van der Waals surface area contributed by atoms with E-state index < -0.39 is 5.91 Å². The van der Waals surface area contributed by atoms with E-state index in [9.17, 15) is 9.59 Å². The highest BCUT2D eigenvalue weighted by Crippen LogP contribution is 2.17. The van der Waals surface area contributed by atoms with Gasteiger partial charge in [-0.2, -0.15) is 0 Å². The molecule has 0 radical (unpaired) electrons. The third-order valence-corrected chi connectivity index (χ3v) is 3.31. The van der Waals surface area contributed by atoms with Gasteiger partial charge in [0.25, 0.3) is 11.8 Å². The summed E-state index contributed by atoms with van der Waals surface area (Å²) in [7, 11) is 1.55. The van der Waals surface area contributed by atoms with Gasteiger partial charge in [-0.05, 0) is 37.3 Å². The van der Waals surface area contributed by atoms with Gasteiger partial charge in [0.15, 0.2) is 0 Å². The van der Waals surface area contributed by atoms with E-state index in [-0.39, 0.29) is 11.6 Å². The maximum absolute atomic E-state index is 12.5. The molecule has 0 aliphatic rings. The SMILES string of the molecule is CC=CC=C(NC(=O)c1ccccc1)C(=O)Nc1cccc(OC)c1. The lowest BCUT2D eigenvalue weighted by Crippen LogP contribution is -2.30. The van der Waals surface area contributed by atoms with Gasteiger partial charge in [-0.3, -0.25) is 9.59 Å². The van der Waals surface area contributed by atoms with Gasteiger partial charge >= 0.3 is 0 Å². The van der Waals surface area contributed by atoms with Gasteiger partial charge in [-0.1, -0.05) is 36.4 Å². The Bertz CT molecular complexity index is 796. The zero-order valence-corrected chi connectivity index (χ0v) is 14.2. The zero-order chi connectivity index (χ0) is 18.1. The third kappa shape index (κ3) is 5.35. The normalized spacial score (nSPS) is 11.2. The fourth-order valence-corrected chi connectivity index (χ4v) is 2.05. The Labute approximate surface area is 147 Å². The topological polar surface area (TPSA) is 67.4 Å². The molecule has 0 aliphatic heterocycles. The van der Waals surface area contributed by atoms with Crippen LogP contribution in [0.15, 0.2) is 78.5 Å². The number of ether oxygens (including phenoxy) is 1. The average Bonchev–Trinajstić information content (AvgIpc) is 2.65. The van der Waals surface area contributed by atoms with Crippen LogP contribution in [-0.2, 0) is 4.79 Å². The Morgan fingerprint density at radius 1 is 1.04 bits per heavy atom. The number of rotatable bonds is 6. The summed E-state index contributed by atoms with van der Waals surface area (Å²) in [5, 5.41) is 5.39. The van der Waals surface area contributed by atoms with Crippen molar-refractivity contribution in [3.63, 3.8) is 0 Å². The Balaban J connectivity index is 2.16. The number of nitrogens with one attached hydrogen (secondary N) is 2. The molecule has 2 N–H and O–H groups in total. The Kier molecular flexibility index (Phi) is 6.54. The summed E-state index contributed by atoms with van der Waals surface area (Å²) in [5.74, 6) is -0.141. The number of carbonyl (C=O) groups is 2. The first-order valence-electron chi connectivity index (χ1n) is 7.79. The molecule has 0 saturated carbocycles. The third-order valence-electron chi connectivity index (χ3n) is 3.31. The monoisotopic (exact) mass is 336 g/mol. The minimum atomic E-state index is -0.421. The molecule has 128 valence electrons. The van der Waals surface area contributed by atoms with Crippen molar-refractivity contribution in [2.24, 2.45) is 0 Å². The molecule has 0 heterocycles. The highest BCUT2D eigenvalue weighted by atomic mass is 16.5. The lowest BCUT2D eigenvalue weighted by molar-refractivity contribution is -0.113. The van der Waals surface area contributed by atoms with Gasteiger partial charge < -0.3 is 15.4 Å². The quantitative estimate of drug-likeness (QED) is 0.626. The number of benzene rings is 2. The van der Waals surface area contributed by atoms with Crippen LogP contribution >= 0.6 is 0 Å². The van der Waals surface area contributed by atoms with E-state index >= 15 is 0 Å². The fraction of sp³-hybridized carbons (Fsp3) is 0.100. The molecule has 5 heteroatoms. The van der Waals surface area contributed by atoms with Crippen LogP contribution in [0.5, 0.6) is 5.75 Å². The largest absolute Gasteiger partial charge is 0.497 e. The summed E-state index contributed by atoms with van der Waals surface area (Å²) in [5.41, 5.74) is 1.20. The number of carbonyl (C=O) groups excluding carboxylic acids is 2. The Morgan fingerprint density at radius 3 is 2.48 bits per heavy atom. The molecule has 0 aliphatic carbocycles. The highest BCUT2D eigenvalue weighted by Gasteiger charge is 2.14. The van der Waals surface area contributed by atoms with Crippen molar-refractivity contribution in [1.82, 2.24) is 5.32 Å². The lowest BCUT2D eigenvalue weighted by atomic mass is 10.2. The number of allylic oxidation sites excluding steroid dienone is 3. The zero-order valence-electron chi connectivity index (χ0n) is 14.2. The van der Waals surface area contributed by atoms with Crippen LogP contribution in [0, 0.1) is 0 Å². The van der Waals surface area contributed by atoms with Crippen LogP contribution in [0.1, 0.15) is 17.3 Å². The van der Waals surface area contributed by atoms with Crippen molar-refractivity contribution in [2.45, 2.75) is 6.92 Å². The molecule has 0 bridgehead atoms. The first-order chi connectivity index (χ1) is 12.1. The summed E-state index contributed by atoms with van der Waals surface area (Å²) in [6, 6.07) is 15.7. The first-order valence-corrected chi connectivity index (χ1v) is 7.79. The molecular formula is C20H20N2O3. The smallest absolute Gasteiger partial charge is 0.272 e. The lowest BCUT2D eigenvalue weighted by Gasteiger charge is -2.11. The van der Waals surface area contributed by atoms with E-state index in [1.165, 1.54) is 0 Å². The summed E-state index contributed by atoms with van der Waals surface area (Å²) >= 11 is 0. The van der Waals surface area contributed by atoms with Gasteiger partial charge in [-0.25, -0.2) is 0 Å².